The Labute approximate surface area is 107 Å². The lowest BCUT2D eigenvalue weighted by Gasteiger charge is -2.13. The molecular weight excluding hydrogens is 232 g/mol. The summed E-state index contributed by atoms with van der Waals surface area (Å²) in [7, 11) is 0. The van der Waals surface area contributed by atoms with Gasteiger partial charge in [-0.3, -0.25) is 0 Å². The second kappa shape index (κ2) is 5.24. The first-order valence-corrected chi connectivity index (χ1v) is 6.17. The molecule has 0 bridgehead atoms. The normalized spacial score (nSPS) is 10.5. The van der Waals surface area contributed by atoms with Crippen molar-refractivity contribution in [3.63, 3.8) is 0 Å². The molecule has 0 heterocycles. The minimum absolute atomic E-state index is 0.295. The second-order valence-electron chi connectivity index (χ2n) is 4.04. The molecule has 2 heteroatoms. The summed E-state index contributed by atoms with van der Waals surface area (Å²) in [6.07, 6.45) is 1.88. The van der Waals surface area contributed by atoms with Crippen LogP contribution in [0.5, 0.6) is 5.75 Å². The predicted molar refractivity (Wildman–Crippen MR) is 72.5 cm³/mol. The molecule has 0 aliphatic heterocycles. The fraction of sp³-hybridized carbons (Fsp3) is 0.200. The van der Waals surface area contributed by atoms with Crippen LogP contribution in [0.2, 0.25) is 5.02 Å². The molecule has 1 N–H and O–H groups in total. The molecule has 0 atom stereocenters. The highest BCUT2D eigenvalue weighted by atomic mass is 35.5. The molecule has 2 aromatic rings. The zero-order chi connectivity index (χ0) is 12.3. The van der Waals surface area contributed by atoms with Crippen molar-refractivity contribution in [1.29, 1.82) is 0 Å². The van der Waals surface area contributed by atoms with Gasteiger partial charge in [-0.15, -0.1) is 0 Å². The highest BCUT2D eigenvalue weighted by Crippen LogP contribution is 2.37. The third kappa shape index (κ3) is 2.45. The molecule has 17 heavy (non-hydrogen) atoms. The molecule has 0 spiro atoms. The maximum Gasteiger partial charge on any atom is 0.123 e. The molecule has 0 aliphatic rings. The van der Waals surface area contributed by atoms with Crippen molar-refractivity contribution in [1.82, 2.24) is 0 Å². The fourth-order valence-corrected chi connectivity index (χ4v) is 2.28. The molecular formula is C15H15ClO. The van der Waals surface area contributed by atoms with Crippen LogP contribution in [0.4, 0.5) is 0 Å². The van der Waals surface area contributed by atoms with E-state index in [4.69, 9.17) is 11.6 Å². The van der Waals surface area contributed by atoms with E-state index in [-0.39, 0.29) is 0 Å². The van der Waals surface area contributed by atoms with Crippen LogP contribution in [0.1, 0.15) is 18.9 Å². The van der Waals surface area contributed by atoms with Crippen molar-refractivity contribution in [3.8, 4) is 16.9 Å². The zero-order valence-electron chi connectivity index (χ0n) is 9.78. The Bertz CT molecular complexity index is 506. The summed E-state index contributed by atoms with van der Waals surface area (Å²) in [6.45, 7) is 2.11. The molecule has 0 unspecified atom stereocenters. The van der Waals surface area contributed by atoms with Gasteiger partial charge in [-0.2, -0.15) is 0 Å². The summed E-state index contributed by atoms with van der Waals surface area (Å²) < 4.78 is 0. The Morgan fingerprint density at radius 3 is 2.41 bits per heavy atom. The first kappa shape index (κ1) is 12.0. The minimum atomic E-state index is 0.295. The summed E-state index contributed by atoms with van der Waals surface area (Å²) >= 11 is 6.22. The van der Waals surface area contributed by atoms with Gasteiger partial charge in [0.1, 0.15) is 5.75 Å². The van der Waals surface area contributed by atoms with E-state index in [0.29, 0.717) is 5.75 Å². The molecule has 2 rings (SSSR count). The van der Waals surface area contributed by atoms with Gasteiger partial charge in [0.2, 0.25) is 0 Å². The van der Waals surface area contributed by atoms with E-state index < -0.39 is 0 Å². The Balaban J connectivity index is 2.63. The van der Waals surface area contributed by atoms with Gasteiger partial charge >= 0.3 is 0 Å². The number of aromatic hydroxyl groups is 1. The molecule has 1 nitrogen and oxygen atoms in total. The lowest BCUT2D eigenvalue weighted by molar-refractivity contribution is 0.476. The van der Waals surface area contributed by atoms with Gasteiger partial charge in [-0.1, -0.05) is 55.3 Å². The number of hydrogen-bond acceptors (Lipinski definition) is 1. The SMILES string of the molecule is CCCc1c(Cl)ccc(O)c1-c1ccccc1. The lowest BCUT2D eigenvalue weighted by Crippen LogP contribution is -1.91. The van der Waals surface area contributed by atoms with Crippen LogP contribution in [0, 0.1) is 0 Å². The lowest BCUT2D eigenvalue weighted by atomic mass is 9.96. The molecule has 0 aromatic heterocycles. The number of hydrogen-bond donors (Lipinski definition) is 1. The van der Waals surface area contributed by atoms with Crippen LogP contribution >= 0.6 is 11.6 Å². The summed E-state index contributed by atoms with van der Waals surface area (Å²) in [4.78, 5) is 0. The van der Waals surface area contributed by atoms with Crippen LogP contribution in [0.3, 0.4) is 0 Å². The molecule has 88 valence electrons. The summed E-state index contributed by atoms with van der Waals surface area (Å²) in [5, 5.41) is 10.8. The summed E-state index contributed by atoms with van der Waals surface area (Å²) in [5.74, 6) is 0.295. The molecule has 2 aromatic carbocycles. The average molecular weight is 247 g/mol. The minimum Gasteiger partial charge on any atom is -0.507 e. The van der Waals surface area contributed by atoms with Gasteiger partial charge < -0.3 is 5.11 Å². The van der Waals surface area contributed by atoms with Crippen molar-refractivity contribution in [2.75, 3.05) is 0 Å². The molecule has 0 saturated heterocycles. The van der Waals surface area contributed by atoms with E-state index in [1.807, 2.05) is 30.3 Å². The van der Waals surface area contributed by atoms with Gasteiger partial charge in [0.15, 0.2) is 0 Å². The van der Waals surface area contributed by atoms with Gasteiger partial charge in [-0.05, 0) is 29.7 Å². The van der Waals surface area contributed by atoms with Gasteiger partial charge in [0.25, 0.3) is 0 Å². The Hall–Kier alpha value is -1.47. The molecule has 0 aliphatic carbocycles. The number of phenolic OH excluding ortho intramolecular Hbond substituents is 1. The van der Waals surface area contributed by atoms with Gasteiger partial charge in [-0.25, -0.2) is 0 Å². The van der Waals surface area contributed by atoms with Crippen molar-refractivity contribution in [3.05, 3.63) is 53.1 Å². The average Bonchev–Trinajstić information content (AvgIpc) is 2.35. The second-order valence-corrected chi connectivity index (χ2v) is 4.44. The number of halogens is 1. The summed E-state index contributed by atoms with van der Waals surface area (Å²) in [6, 6.07) is 13.3. The van der Waals surface area contributed by atoms with Crippen LogP contribution in [0.25, 0.3) is 11.1 Å². The Morgan fingerprint density at radius 2 is 1.76 bits per heavy atom. The third-order valence-electron chi connectivity index (χ3n) is 2.80. The maximum absolute atomic E-state index is 10.0. The van der Waals surface area contributed by atoms with E-state index in [9.17, 15) is 5.11 Å². The summed E-state index contributed by atoms with van der Waals surface area (Å²) in [5.41, 5.74) is 2.90. The van der Waals surface area contributed by atoms with Crippen LogP contribution in [0.15, 0.2) is 42.5 Å². The van der Waals surface area contributed by atoms with Crippen LogP contribution < -0.4 is 0 Å². The molecule has 0 amide bonds. The molecule has 0 saturated carbocycles. The smallest absolute Gasteiger partial charge is 0.123 e. The van der Waals surface area contributed by atoms with Crippen molar-refractivity contribution in [2.45, 2.75) is 19.8 Å². The largest absolute Gasteiger partial charge is 0.507 e. The predicted octanol–water partition coefficient (Wildman–Crippen LogP) is 4.67. The van der Waals surface area contributed by atoms with E-state index in [2.05, 4.69) is 6.92 Å². The van der Waals surface area contributed by atoms with Crippen molar-refractivity contribution in [2.24, 2.45) is 0 Å². The van der Waals surface area contributed by atoms with E-state index in [0.717, 1.165) is 34.6 Å². The molecule has 0 radical (unpaired) electrons. The Kier molecular flexibility index (Phi) is 3.70. The number of rotatable bonds is 3. The fourth-order valence-electron chi connectivity index (χ4n) is 2.03. The zero-order valence-corrected chi connectivity index (χ0v) is 10.5. The Morgan fingerprint density at radius 1 is 1.06 bits per heavy atom. The first-order chi connectivity index (χ1) is 8.24. The highest BCUT2D eigenvalue weighted by molar-refractivity contribution is 6.31. The number of benzene rings is 2. The van der Waals surface area contributed by atoms with Gasteiger partial charge in [0, 0.05) is 10.6 Å². The maximum atomic E-state index is 10.0. The van der Waals surface area contributed by atoms with E-state index in [1.165, 1.54) is 0 Å². The topological polar surface area (TPSA) is 20.2 Å². The van der Waals surface area contributed by atoms with Crippen LogP contribution in [-0.2, 0) is 6.42 Å². The van der Waals surface area contributed by atoms with E-state index >= 15 is 0 Å². The first-order valence-electron chi connectivity index (χ1n) is 5.79. The number of phenols is 1. The van der Waals surface area contributed by atoms with Gasteiger partial charge in [0.05, 0.1) is 0 Å². The van der Waals surface area contributed by atoms with E-state index in [1.54, 1.807) is 12.1 Å². The van der Waals surface area contributed by atoms with Crippen LogP contribution in [-0.4, -0.2) is 5.11 Å². The quantitative estimate of drug-likeness (QED) is 0.835. The molecule has 0 fully saturated rings. The standard InChI is InChI=1S/C15H15ClO/c1-2-6-12-13(16)9-10-14(17)15(12)11-7-4-3-5-8-11/h3-5,7-10,17H,2,6H2,1H3. The third-order valence-corrected chi connectivity index (χ3v) is 3.15. The van der Waals surface area contributed by atoms with Crippen molar-refractivity contribution < 1.29 is 5.11 Å². The van der Waals surface area contributed by atoms with Crippen molar-refractivity contribution >= 4 is 11.6 Å². The highest BCUT2D eigenvalue weighted by Gasteiger charge is 2.12. The monoisotopic (exact) mass is 246 g/mol.